The number of likely N-dealkylation sites (N-methyl/N-ethyl adjacent to an activating group) is 1. The lowest BCUT2D eigenvalue weighted by atomic mass is 9.96. The minimum Gasteiger partial charge on any atom is -0.351 e. The number of hydrogen-bond acceptors (Lipinski definition) is 8. The Morgan fingerprint density at radius 2 is 1.84 bits per heavy atom. The van der Waals surface area contributed by atoms with Crippen LogP contribution < -0.4 is 15.4 Å². The molecule has 0 amide bonds. The smallest absolute Gasteiger partial charge is 0.265 e. The van der Waals surface area contributed by atoms with Crippen LogP contribution in [0.1, 0.15) is 26.6 Å². The first-order valence-electron chi connectivity index (χ1n) is 10.2. The summed E-state index contributed by atoms with van der Waals surface area (Å²) in [6, 6.07) is 4.13. The van der Waals surface area contributed by atoms with Gasteiger partial charge in [-0.1, -0.05) is 20.8 Å². The molecule has 0 aromatic carbocycles. The molecular weight excluding hydrogens is 396 g/mol. The van der Waals surface area contributed by atoms with E-state index in [-0.39, 0.29) is 17.0 Å². The zero-order chi connectivity index (χ0) is 22.1. The van der Waals surface area contributed by atoms with Gasteiger partial charge in [-0.3, -0.25) is 14.0 Å². The second-order valence-corrected chi connectivity index (χ2v) is 9.22. The molecule has 31 heavy (non-hydrogen) atoms. The number of fused-ring (bicyclic) bond motifs is 2. The summed E-state index contributed by atoms with van der Waals surface area (Å²) in [5.41, 5.74) is 0.970. The minimum atomic E-state index is -0.149. The highest BCUT2D eigenvalue weighted by atomic mass is 16.1. The summed E-state index contributed by atoms with van der Waals surface area (Å²) in [5, 5.41) is 18.2. The van der Waals surface area contributed by atoms with Crippen molar-refractivity contribution in [2.45, 2.75) is 32.2 Å². The van der Waals surface area contributed by atoms with Gasteiger partial charge in [0.1, 0.15) is 11.2 Å². The van der Waals surface area contributed by atoms with Gasteiger partial charge in [-0.15, -0.1) is 15.3 Å². The first-order valence-corrected chi connectivity index (χ1v) is 10.2. The largest absolute Gasteiger partial charge is 0.351 e. The topological polar surface area (TPSA) is 102 Å². The van der Waals surface area contributed by atoms with Gasteiger partial charge < -0.3 is 9.80 Å². The van der Waals surface area contributed by atoms with Crippen LogP contribution >= 0.6 is 0 Å². The molecule has 0 unspecified atom stereocenters. The zero-order valence-electron chi connectivity index (χ0n) is 18.6. The van der Waals surface area contributed by atoms with Crippen molar-refractivity contribution >= 4 is 28.4 Å². The number of hydrogen-bond donors (Lipinski definition) is 0. The molecule has 0 spiro atoms. The van der Waals surface area contributed by atoms with Crippen LogP contribution in [0.2, 0.25) is 0 Å². The molecule has 1 aliphatic heterocycles. The Hall–Kier alpha value is -3.50. The van der Waals surface area contributed by atoms with Gasteiger partial charge in [-0.25, -0.2) is 0 Å². The van der Waals surface area contributed by atoms with Gasteiger partial charge in [0.15, 0.2) is 17.1 Å². The molecule has 1 saturated heterocycles. The summed E-state index contributed by atoms with van der Waals surface area (Å²) < 4.78 is 5.03. The van der Waals surface area contributed by atoms with Crippen molar-refractivity contribution in [2.75, 3.05) is 29.9 Å². The predicted octanol–water partition coefficient (Wildman–Crippen LogP) is 0.727. The van der Waals surface area contributed by atoms with Crippen molar-refractivity contribution in [1.29, 1.82) is 0 Å². The molecule has 11 heteroatoms. The van der Waals surface area contributed by atoms with Crippen LogP contribution in [0.25, 0.3) is 16.7 Å². The molecule has 0 bridgehead atoms. The fraction of sp³-hybridized carbons (Fsp3) is 0.500. The van der Waals surface area contributed by atoms with E-state index in [1.165, 1.54) is 0 Å². The number of aromatic nitrogens is 8. The Labute approximate surface area is 178 Å². The molecule has 0 radical (unpaired) electrons. The lowest BCUT2D eigenvalue weighted by Crippen LogP contribution is -2.60. The van der Waals surface area contributed by atoms with Crippen LogP contribution in [0.15, 0.2) is 23.1 Å². The Bertz CT molecular complexity index is 1350. The van der Waals surface area contributed by atoms with Crippen molar-refractivity contribution in [2.24, 2.45) is 14.1 Å². The van der Waals surface area contributed by atoms with Crippen LogP contribution in [0.4, 0.5) is 11.8 Å². The van der Waals surface area contributed by atoms with Crippen LogP contribution in [0.3, 0.4) is 0 Å². The van der Waals surface area contributed by atoms with Gasteiger partial charge >= 0.3 is 0 Å². The van der Waals surface area contributed by atoms with E-state index in [2.05, 4.69) is 46.0 Å². The van der Waals surface area contributed by atoms with Crippen LogP contribution in [-0.4, -0.2) is 65.3 Å². The first kappa shape index (κ1) is 19.5. The molecule has 0 saturated carbocycles. The van der Waals surface area contributed by atoms with Crippen LogP contribution in [-0.2, 0) is 19.5 Å². The molecule has 11 nitrogen and oxygen atoms in total. The third-order valence-electron chi connectivity index (χ3n) is 5.82. The third-order valence-corrected chi connectivity index (χ3v) is 5.82. The molecular formula is C20H26N10O. The van der Waals surface area contributed by atoms with Crippen molar-refractivity contribution in [1.82, 2.24) is 39.1 Å². The maximum atomic E-state index is 12.7. The van der Waals surface area contributed by atoms with Crippen LogP contribution in [0, 0.1) is 0 Å². The summed E-state index contributed by atoms with van der Waals surface area (Å²) in [6.45, 7) is 7.85. The summed E-state index contributed by atoms with van der Waals surface area (Å²) >= 11 is 0. The normalized spacial score (nSPS) is 15.1. The van der Waals surface area contributed by atoms with E-state index in [0.29, 0.717) is 17.0 Å². The van der Waals surface area contributed by atoms with E-state index in [4.69, 9.17) is 5.10 Å². The van der Waals surface area contributed by atoms with Gasteiger partial charge in [0.05, 0.1) is 6.04 Å². The fourth-order valence-electron chi connectivity index (χ4n) is 3.93. The van der Waals surface area contributed by atoms with E-state index in [1.54, 1.807) is 29.5 Å². The predicted molar refractivity (Wildman–Crippen MR) is 118 cm³/mol. The Morgan fingerprint density at radius 1 is 1.10 bits per heavy atom. The number of rotatable bonds is 3. The quantitative estimate of drug-likeness (QED) is 0.476. The SMILES string of the molecule is CN(c1nc2nn(C)cc2c(=O)n1C)C1CN(c2ccc3nnc(C(C)(C)C)n3n2)C1. The molecule has 1 aliphatic rings. The van der Waals surface area contributed by atoms with Gasteiger partial charge in [0, 0.05) is 45.8 Å². The lowest BCUT2D eigenvalue weighted by Gasteiger charge is -2.45. The maximum Gasteiger partial charge on any atom is 0.265 e. The lowest BCUT2D eigenvalue weighted by molar-refractivity contribution is 0.476. The molecule has 5 heterocycles. The zero-order valence-corrected chi connectivity index (χ0v) is 18.6. The van der Waals surface area contributed by atoms with E-state index < -0.39 is 0 Å². The highest BCUT2D eigenvalue weighted by molar-refractivity contribution is 5.74. The molecule has 1 fully saturated rings. The summed E-state index contributed by atoms with van der Waals surface area (Å²) in [5.74, 6) is 2.32. The second-order valence-electron chi connectivity index (χ2n) is 9.22. The average Bonchev–Trinajstić information content (AvgIpc) is 3.25. The Kier molecular flexibility index (Phi) is 4.08. The molecule has 5 rings (SSSR count). The fourth-order valence-corrected chi connectivity index (χ4v) is 3.93. The van der Waals surface area contributed by atoms with Crippen LogP contribution in [0.5, 0.6) is 0 Å². The molecule has 162 valence electrons. The van der Waals surface area contributed by atoms with E-state index >= 15 is 0 Å². The number of nitrogens with zero attached hydrogens (tertiary/aromatic N) is 10. The van der Waals surface area contributed by atoms with Gasteiger partial charge in [-0.2, -0.15) is 14.6 Å². The molecule has 0 N–H and O–H groups in total. The Balaban J connectivity index is 1.39. The standard InChI is InChI=1S/C20H26N10O/c1-20(2,3)18-23-22-14-7-8-15(24-30(14)18)29-9-12(10-29)27(5)19-21-16-13(11-26(4)25-16)17(31)28(19)6/h7-8,11-12H,9-10H2,1-6H3. The number of anilines is 2. The Morgan fingerprint density at radius 3 is 2.55 bits per heavy atom. The van der Waals surface area contributed by atoms with Crippen molar-refractivity contribution in [3.8, 4) is 0 Å². The van der Waals surface area contributed by atoms with Gasteiger partial charge in [0.2, 0.25) is 5.95 Å². The second kappa shape index (κ2) is 6.50. The van der Waals surface area contributed by atoms with Crippen molar-refractivity contribution < 1.29 is 0 Å². The van der Waals surface area contributed by atoms with Crippen molar-refractivity contribution in [3.05, 3.63) is 34.5 Å². The maximum absolute atomic E-state index is 12.7. The highest BCUT2D eigenvalue weighted by Gasteiger charge is 2.33. The summed E-state index contributed by atoms with van der Waals surface area (Å²) in [7, 11) is 5.51. The molecule has 4 aromatic rings. The van der Waals surface area contributed by atoms with E-state index in [1.807, 2.05) is 28.6 Å². The summed E-state index contributed by atoms with van der Waals surface area (Å²) in [4.78, 5) is 21.6. The van der Waals surface area contributed by atoms with E-state index in [9.17, 15) is 4.79 Å². The molecule has 4 aromatic heterocycles. The summed E-state index contributed by atoms with van der Waals surface area (Å²) in [6.07, 6.45) is 1.71. The first-order chi connectivity index (χ1) is 14.6. The highest BCUT2D eigenvalue weighted by Crippen LogP contribution is 2.26. The van der Waals surface area contributed by atoms with E-state index in [0.717, 1.165) is 30.4 Å². The molecule has 0 aliphatic carbocycles. The minimum absolute atomic E-state index is 0.0921. The van der Waals surface area contributed by atoms with Gasteiger partial charge in [-0.05, 0) is 12.1 Å². The third kappa shape index (κ3) is 3.03. The monoisotopic (exact) mass is 422 g/mol. The molecule has 0 atom stereocenters. The number of aryl methyl sites for hydroxylation is 1. The average molecular weight is 422 g/mol. The van der Waals surface area contributed by atoms with Crippen molar-refractivity contribution in [3.63, 3.8) is 0 Å². The van der Waals surface area contributed by atoms with Gasteiger partial charge in [0.25, 0.3) is 5.56 Å².